The van der Waals surface area contributed by atoms with Crippen molar-refractivity contribution in [1.29, 1.82) is 0 Å². The average Bonchev–Trinajstić information content (AvgIpc) is 2.55. The lowest BCUT2D eigenvalue weighted by atomic mass is 10.1. The number of aromatic hydroxyl groups is 1. The molecule has 4 nitrogen and oxygen atoms in total. The van der Waals surface area contributed by atoms with Gasteiger partial charge in [-0.1, -0.05) is 24.3 Å². The summed E-state index contributed by atoms with van der Waals surface area (Å²) < 4.78 is 0. The Morgan fingerprint density at radius 1 is 0.864 bits per heavy atom. The highest BCUT2D eigenvalue weighted by molar-refractivity contribution is 5.96. The van der Waals surface area contributed by atoms with E-state index in [1.54, 1.807) is 36.4 Å². The first-order valence-corrected chi connectivity index (χ1v) is 6.88. The highest BCUT2D eigenvalue weighted by Crippen LogP contribution is 2.33. The monoisotopic (exact) mass is 290 g/mol. The van der Waals surface area contributed by atoms with Crippen LogP contribution in [0.2, 0.25) is 0 Å². The van der Waals surface area contributed by atoms with Crippen LogP contribution in [0.25, 0.3) is 10.8 Å². The van der Waals surface area contributed by atoms with Crippen molar-refractivity contribution in [2.24, 2.45) is 10.2 Å². The highest BCUT2D eigenvalue weighted by atomic mass is 16.3. The predicted octanol–water partition coefficient (Wildman–Crippen LogP) is 5.16. The Labute approximate surface area is 127 Å². The summed E-state index contributed by atoms with van der Waals surface area (Å²) in [6.45, 7) is 1.53. The normalized spacial score (nSPS) is 11.1. The first-order valence-electron chi connectivity index (χ1n) is 6.88. The number of hydrogen-bond acceptors (Lipinski definition) is 4. The summed E-state index contributed by atoms with van der Waals surface area (Å²) in [4.78, 5) is 11.2. The van der Waals surface area contributed by atoms with Gasteiger partial charge in [-0.3, -0.25) is 4.79 Å². The zero-order valence-electron chi connectivity index (χ0n) is 12.0. The number of nitrogens with zero attached hydrogens (tertiary/aromatic N) is 2. The number of azo groups is 1. The minimum Gasteiger partial charge on any atom is -0.507 e. The number of rotatable bonds is 3. The molecule has 0 heterocycles. The fraction of sp³-hybridized carbons (Fsp3) is 0.0556. The van der Waals surface area contributed by atoms with E-state index in [9.17, 15) is 9.90 Å². The van der Waals surface area contributed by atoms with Crippen LogP contribution in [0.5, 0.6) is 5.75 Å². The van der Waals surface area contributed by atoms with E-state index in [1.165, 1.54) is 6.92 Å². The summed E-state index contributed by atoms with van der Waals surface area (Å²) in [7, 11) is 0. The highest BCUT2D eigenvalue weighted by Gasteiger charge is 2.04. The Hall–Kier alpha value is -3.01. The van der Waals surface area contributed by atoms with Crippen molar-refractivity contribution in [3.63, 3.8) is 0 Å². The third-order valence-corrected chi connectivity index (χ3v) is 3.43. The number of hydrogen-bond donors (Lipinski definition) is 1. The largest absolute Gasteiger partial charge is 0.507 e. The zero-order chi connectivity index (χ0) is 15.5. The first kappa shape index (κ1) is 13.9. The molecule has 4 heteroatoms. The minimum atomic E-state index is 0.0213. The van der Waals surface area contributed by atoms with E-state index in [0.717, 1.165) is 10.8 Å². The van der Waals surface area contributed by atoms with Gasteiger partial charge in [0.15, 0.2) is 5.78 Å². The lowest BCUT2D eigenvalue weighted by Crippen LogP contribution is -1.89. The van der Waals surface area contributed by atoms with Crippen LogP contribution < -0.4 is 0 Å². The fourth-order valence-corrected chi connectivity index (χ4v) is 2.23. The van der Waals surface area contributed by atoms with Gasteiger partial charge in [0.1, 0.15) is 5.75 Å². The molecule has 0 aliphatic rings. The van der Waals surface area contributed by atoms with E-state index in [0.29, 0.717) is 16.9 Å². The van der Waals surface area contributed by atoms with E-state index in [4.69, 9.17) is 0 Å². The Kier molecular flexibility index (Phi) is 3.66. The molecule has 0 spiro atoms. The van der Waals surface area contributed by atoms with E-state index in [-0.39, 0.29) is 11.5 Å². The summed E-state index contributed by atoms with van der Waals surface area (Å²) in [6.07, 6.45) is 0. The SMILES string of the molecule is CC(=O)c1ccc(N=Nc2ccc(O)c3ccccc23)cc1. The molecule has 0 amide bonds. The van der Waals surface area contributed by atoms with Gasteiger partial charge in [-0.05, 0) is 43.3 Å². The van der Waals surface area contributed by atoms with Gasteiger partial charge in [-0.25, -0.2) is 0 Å². The minimum absolute atomic E-state index is 0.0213. The Morgan fingerprint density at radius 2 is 1.55 bits per heavy atom. The maximum absolute atomic E-state index is 11.2. The zero-order valence-corrected chi connectivity index (χ0v) is 12.0. The summed E-state index contributed by atoms with van der Waals surface area (Å²) in [5, 5.41) is 19.9. The molecule has 1 N–H and O–H groups in total. The van der Waals surface area contributed by atoms with Gasteiger partial charge in [0.2, 0.25) is 0 Å². The topological polar surface area (TPSA) is 62.0 Å². The van der Waals surface area contributed by atoms with Crippen LogP contribution in [0.4, 0.5) is 11.4 Å². The molecule has 0 saturated heterocycles. The van der Waals surface area contributed by atoms with Crippen molar-refractivity contribution < 1.29 is 9.90 Å². The van der Waals surface area contributed by atoms with Crippen LogP contribution in [-0.2, 0) is 0 Å². The molecule has 0 aliphatic heterocycles. The van der Waals surface area contributed by atoms with Gasteiger partial charge in [0.05, 0.1) is 11.4 Å². The molecule has 0 fully saturated rings. The third-order valence-electron chi connectivity index (χ3n) is 3.43. The number of ketones is 1. The van der Waals surface area contributed by atoms with Crippen LogP contribution in [0.1, 0.15) is 17.3 Å². The number of carbonyl (C=O) groups excluding carboxylic acids is 1. The molecule has 0 saturated carbocycles. The van der Waals surface area contributed by atoms with Crippen molar-refractivity contribution in [3.05, 3.63) is 66.2 Å². The number of phenolic OH excluding ortho intramolecular Hbond substituents is 1. The lowest BCUT2D eigenvalue weighted by Gasteiger charge is -2.03. The molecular formula is C18H14N2O2. The van der Waals surface area contributed by atoms with Crippen LogP contribution in [0.15, 0.2) is 70.9 Å². The van der Waals surface area contributed by atoms with Gasteiger partial charge in [-0.2, -0.15) is 5.11 Å². The van der Waals surface area contributed by atoms with Crippen molar-refractivity contribution >= 4 is 27.9 Å². The van der Waals surface area contributed by atoms with E-state index in [2.05, 4.69) is 10.2 Å². The van der Waals surface area contributed by atoms with Crippen LogP contribution in [-0.4, -0.2) is 10.9 Å². The number of Topliss-reactive ketones (excluding diaryl/α,β-unsaturated/α-hetero) is 1. The smallest absolute Gasteiger partial charge is 0.159 e. The maximum Gasteiger partial charge on any atom is 0.159 e. The summed E-state index contributed by atoms with van der Waals surface area (Å²) in [5.74, 6) is 0.244. The van der Waals surface area contributed by atoms with Crippen molar-refractivity contribution in [3.8, 4) is 5.75 Å². The Bertz CT molecular complexity index is 868. The lowest BCUT2D eigenvalue weighted by molar-refractivity contribution is 0.101. The third kappa shape index (κ3) is 2.72. The summed E-state index contributed by atoms with van der Waals surface area (Å²) >= 11 is 0. The van der Waals surface area contributed by atoms with Gasteiger partial charge in [0.25, 0.3) is 0 Å². The molecular weight excluding hydrogens is 276 g/mol. The van der Waals surface area contributed by atoms with Crippen LogP contribution in [0.3, 0.4) is 0 Å². The number of fused-ring (bicyclic) bond motifs is 1. The first-order chi connectivity index (χ1) is 10.6. The summed E-state index contributed by atoms with van der Waals surface area (Å²) in [6, 6.07) is 17.8. The van der Waals surface area contributed by atoms with Gasteiger partial charge in [0, 0.05) is 16.3 Å². The molecule has 3 aromatic carbocycles. The number of carbonyl (C=O) groups is 1. The standard InChI is InChI=1S/C18H14N2O2/c1-12(21)13-6-8-14(9-7-13)19-20-17-10-11-18(22)16-5-3-2-4-15(16)17/h2-11,22H,1H3. The second kappa shape index (κ2) is 5.77. The Balaban J connectivity index is 1.96. The maximum atomic E-state index is 11.2. The molecule has 108 valence electrons. The average molecular weight is 290 g/mol. The second-order valence-electron chi connectivity index (χ2n) is 4.95. The number of phenols is 1. The summed E-state index contributed by atoms with van der Waals surface area (Å²) in [5.41, 5.74) is 2.00. The van der Waals surface area contributed by atoms with Crippen molar-refractivity contribution in [2.45, 2.75) is 6.92 Å². The quantitative estimate of drug-likeness (QED) is 0.534. The van der Waals surface area contributed by atoms with E-state index < -0.39 is 0 Å². The molecule has 0 aromatic heterocycles. The van der Waals surface area contributed by atoms with E-state index in [1.807, 2.05) is 24.3 Å². The van der Waals surface area contributed by atoms with Gasteiger partial charge in [-0.15, -0.1) is 5.11 Å². The molecule has 0 bridgehead atoms. The molecule has 0 radical (unpaired) electrons. The van der Waals surface area contributed by atoms with Crippen molar-refractivity contribution in [2.75, 3.05) is 0 Å². The molecule has 0 atom stereocenters. The molecule has 22 heavy (non-hydrogen) atoms. The van der Waals surface area contributed by atoms with Crippen molar-refractivity contribution in [1.82, 2.24) is 0 Å². The molecule has 0 unspecified atom stereocenters. The van der Waals surface area contributed by atoms with Crippen LogP contribution in [0, 0.1) is 0 Å². The van der Waals surface area contributed by atoms with Gasteiger partial charge >= 0.3 is 0 Å². The Morgan fingerprint density at radius 3 is 2.23 bits per heavy atom. The van der Waals surface area contributed by atoms with Gasteiger partial charge < -0.3 is 5.11 Å². The second-order valence-corrected chi connectivity index (χ2v) is 4.95. The molecule has 3 aromatic rings. The number of benzene rings is 3. The molecule has 3 rings (SSSR count). The predicted molar refractivity (Wildman–Crippen MR) is 86.2 cm³/mol. The van der Waals surface area contributed by atoms with Crippen LogP contribution >= 0.6 is 0 Å². The fourth-order valence-electron chi connectivity index (χ4n) is 2.23. The van der Waals surface area contributed by atoms with E-state index >= 15 is 0 Å². The molecule has 0 aliphatic carbocycles.